The lowest BCUT2D eigenvalue weighted by Crippen LogP contribution is -2.55. The smallest absolute Gasteiger partial charge is 0.227 e. The van der Waals surface area contributed by atoms with Crippen LogP contribution in [0.3, 0.4) is 0 Å². The molecule has 0 aromatic carbocycles. The van der Waals surface area contributed by atoms with Gasteiger partial charge in [0, 0.05) is 6.54 Å². The highest BCUT2D eigenvalue weighted by Gasteiger charge is 2.33. The first-order valence-corrected chi connectivity index (χ1v) is 4.84. The van der Waals surface area contributed by atoms with E-state index >= 15 is 0 Å². The Bertz CT molecular complexity index is 210. The highest BCUT2D eigenvalue weighted by molar-refractivity contribution is 5.82. The van der Waals surface area contributed by atoms with Crippen molar-refractivity contribution in [1.29, 1.82) is 0 Å². The van der Waals surface area contributed by atoms with E-state index in [1.54, 1.807) is 34.6 Å². The van der Waals surface area contributed by atoms with Crippen molar-refractivity contribution in [2.24, 2.45) is 11.1 Å². The normalized spacial score (nSPS) is 15.1. The lowest BCUT2D eigenvalue weighted by atomic mass is 9.89. The molecule has 0 radical (unpaired) electrons. The van der Waals surface area contributed by atoms with E-state index in [-0.39, 0.29) is 12.5 Å². The number of hydrogen-bond donors (Lipinski definition) is 3. The number of aliphatic hydroxyl groups is 1. The van der Waals surface area contributed by atoms with E-state index < -0.39 is 17.1 Å². The molecule has 14 heavy (non-hydrogen) atoms. The number of carbonyl (C=O) groups excluding carboxylic acids is 1. The van der Waals surface area contributed by atoms with Crippen LogP contribution in [0.2, 0.25) is 0 Å². The molecule has 0 saturated carbocycles. The summed E-state index contributed by atoms with van der Waals surface area (Å²) in [6.07, 6.45) is -0.597. The molecule has 0 heterocycles. The summed E-state index contributed by atoms with van der Waals surface area (Å²) in [4.78, 5) is 11.7. The number of aliphatic hydroxyl groups excluding tert-OH is 1. The van der Waals surface area contributed by atoms with Crippen LogP contribution >= 0.6 is 0 Å². The van der Waals surface area contributed by atoms with Crippen molar-refractivity contribution in [3.8, 4) is 0 Å². The van der Waals surface area contributed by atoms with Crippen molar-refractivity contribution in [2.75, 3.05) is 6.54 Å². The molecule has 0 aliphatic rings. The standard InChI is InChI=1S/C10H22N2O2/c1-7(13)10(4,5)12-8(14)9(2,3)6-11/h7,13H,6,11H2,1-5H3,(H,12,14). The largest absolute Gasteiger partial charge is 0.391 e. The van der Waals surface area contributed by atoms with Gasteiger partial charge in [-0.25, -0.2) is 0 Å². The third kappa shape index (κ3) is 3.27. The summed E-state index contributed by atoms with van der Waals surface area (Å²) >= 11 is 0. The SMILES string of the molecule is CC(O)C(C)(C)NC(=O)C(C)(C)CN. The Hall–Kier alpha value is -0.610. The topological polar surface area (TPSA) is 75.3 Å². The van der Waals surface area contributed by atoms with Crippen LogP contribution in [0.4, 0.5) is 0 Å². The summed E-state index contributed by atoms with van der Waals surface area (Å²) < 4.78 is 0. The monoisotopic (exact) mass is 202 g/mol. The molecule has 1 amide bonds. The summed E-state index contributed by atoms with van der Waals surface area (Å²) in [7, 11) is 0. The van der Waals surface area contributed by atoms with E-state index in [9.17, 15) is 9.90 Å². The van der Waals surface area contributed by atoms with Gasteiger partial charge in [0.15, 0.2) is 0 Å². The van der Waals surface area contributed by atoms with E-state index in [0.717, 1.165) is 0 Å². The Kier molecular flexibility index (Phi) is 4.09. The molecule has 4 N–H and O–H groups in total. The number of rotatable bonds is 4. The van der Waals surface area contributed by atoms with Crippen molar-refractivity contribution in [1.82, 2.24) is 5.32 Å². The summed E-state index contributed by atoms with van der Waals surface area (Å²) in [6.45, 7) is 9.05. The van der Waals surface area contributed by atoms with E-state index in [1.807, 2.05) is 0 Å². The van der Waals surface area contributed by atoms with Crippen LogP contribution in [0.25, 0.3) is 0 Å². The van der Waals surface area contributed by atoms with Gasteiger partial charge in [-0.05, 0) is 34.6 Å². The first-order valence-electron chi connectivity index (χ1n) is 4.84. The van der Waals surface area contributed by atoms with Crippen molar-refractivity contribution < 1.29 is 9.90 Å². The van der Waals surface area contributed by atoms with Gasteiger partial charge in [-0.15, -0.1) is 0 Å². The Morgan fingerprint density at radius 1 is 1.43 bits per heavy atom. The summed E-state index contributed by atoms with van der Waals surface area (Å²) in [6, 6.07) is 0. The van der Waals surface area contributed by atoms with Crippen molar-refractivity contribution in [3.05, 3.63) is 0 Å². The van der Waals surface area contributed by atoms with Crippen LogP contribution < -0.4 is 11.1 Å². The maximum Gasteiger partial charge on any atom is 0.227 e. The van der Waals surface area contributed by atoms with Crippen LogP contribution in [-0.4, -0.2) is 29.2 Å². The van der Waals surface area contributed by atoms with Gasteiger partial charge in [-0.1, -0.05) is 0 Å². The average molecular weight is 202 g/mol. The third-order valence-electron chi connectivity index (χ3n) is 2.61. The molecule has 0 aliphatic carbocycles. The number of carbonyl (C=O) groups is 1. The number of amides is 1. The molecule has 0 spiro atoms. The van der Waals surface area contributed by atoms with Gasteiger partial charge < -0.3 is 16.2 Å². The fourth-order valence-corrected chi connectivity index (χ4v) is 0.659. The van der Waals surface area contributed by atoms with Gasteiger partial charge in [0.2, 0.25) is 5.91 Å². The summed E-state index contributed by atoms with van der Waals surface area (Å²) in [5.41, 5.74) is 4.27. The Morgan fingerprint density at radius 2 is 1.86 bits per heavy atom. The van der Waals surface area contributed by atoms with E-state index in [2.05, 4.69) is 5.32 Å². The average Bonchev–Trinajstić information content (AvgIpc) is 2.03. The van der Waals surface area contributed by atoms with Gasteiger partial charge in [0.1, 0.15) is 0 Å². The molecule has 84 valence electrons. The molecule has 0 fully saturated rings. The molecule has 0 aromatic heterocycles. The van der Waals surface area contributed by atoms with Crippen molar-refractivity contribution >= 4 is 5.91 Å². The molecule has 4 nitrogen and oxygen atoms in total. The minimum Gasteiger partial charge on any atom is -0.391 e. The van der Waals surface area contributed by atoms with Crippen LogP contribution in [-0.2, 0) is 4.79 Å². The zero-order valence-corrected chi connectivity index (χ0v) is 9.72. The van der Waals surface area contributed by atoms with Gasteiger partial charge in [-0.2, -0.15) is 0 Å². The lowest BCUT2D eigenvalue weighted by Gasteiger charge is -2.33. The molecule has 1 atom stereocenters. The second-order valence-electron chi connectivity index (χ2n) is 4.94. The van der Waals surface area contributed by atoms with E-state index in [0.29, 0.717) is 0 Å². The zero-order chi connectivity index (χ0) is 11.6. The predicted octanol–water partition coefficient (Wildman–Crippen LogP) is 0.247. The van der Waals surface area contributed by atoms with Gasteiger partial charge in [0.25, 0.3) is 0 Å². The quantitative estimate of drug-likeness (QED) is 0.611. The Morgan fingerprint density at radius 3 is 2.14 bits per heavy atom. The Balaban J connectivity index is 4.48. The van der Waals surface area contributed by atoms with Crippen LogP contribution in [0.5, 0.6) is 0 Å². The predicted molar refractivity (Wildman–Crippen MR) is 56.7 cm³/mol. The number of hydrogen-bond acceptors (Lipinski definition) is 3. The van der Waals surface area contributed by atoms with Gasteiger partial charge in [0.05, 0.1) is 17.1 Å². The van der Waals surface area contributed by atoms with Crippen LogP contribution in [0.15, 0.2) is 0 Å². The second-order valence-corrected chi connectivity index (χ2v) is 4.94. The number of nitrogens with two attached hydrogens (primary N) is 1. The minimum atomic E-state index is -0.622. The Labute approximate surface area is 85.9 Å². The summed E-state index contributed by atoms with van der Waals surface area (Å²) in [5.74, 6) is -0.133. The van der Waals surface area contributed by atoms with Crippen molar-refractivity contribution in [3.63, 3.8) is 0 Å². The van der Waals surface area contributed by atoms with Gasteiger partial charge >= 0.3 is 0 Å². The highest BCUT2D eigenvalue weighted by Crippen LogP contribution is 2.16. The molecule has 1 unspecified atom stereocenters. The highest BCUT2D eigenvalue weighted by atomic mass is 16.3. The fourth-order valence-electron chi connectivity index (χ4n) is 0.659. The molecule has 0 saturated heterocycles. The maximum atomic E-state index is 11.7. The second kappa shape index (κ2) is 4.28. The third-order valence-corrected chi connectivity index (χ3v) is 2.61. The summed E-state index contributed by atoms with van der Waals surface area (Å²) in [5, 5.41) is 12.2. The minimum absolute atomic E-state index is 0.133. The number of nitrogens with one attached hydrogen (secondary N) is 1. The van der Waals surface area contributed by atoms with Crippen LogP contribution in [0.1, 0.15) is 34.6 Å². The van der Waals surface area contributed by atoms with Crippen LogP contribution in [0, 0.1) is 5.41 Å². The molecule has 0 aliphatic heterocycles. The molecule has 0 aromatic rings. The molecular weight excluding hydrogens is 180 g/mol. The van der Waals surface area contributed by atoms with Crippen molar-refractivity contribution in [2.45, 2.75) is 46.3 Å². The fraction of sp³-hybridized carbons (Fsp3) is 0.900. The van der Waals surface area contributed by atoms with Gasteiger partial charge in [-0.3, -0.25) is 4.79 Å². The molecule has 0 bridgehead atoms. The molecule has 4 heteroatoms. The first kappa shape index (κ1) is 13.4. The molecule has 0 rings (SSSR count). The first-order chi connectivity index (χ1) is 6.13. The lowest BCUT2D eigenvalue weighted by molar-refractivity contribution is -0.131. The zero-order valence-electron chi connectivity index (χ0n) is 9.72. The maximum absolute atomic E-state index is 11.7. The van der Waals surface area contributed by atoms with E-state index in [1.165, 1.54) is 0 Å². The van der Waals surface area contributed by atoms with E-state index in [4.69, 9.17) is 5.73 Å². The molecular formula is C10H22N2O2.